The van der Waals surface area contributed by atoms with Gasteiger partial charge in [-0.1, -0.05) is 27.5 Å². The molecule has 0 radical (unpaired) electrons. The Morgan fingerprint density at radius 2 is 2.29 bits per heavy atom. The molecule has 4 nitrogen and oxygen atoms in total. The fourth-order valence-corrected chi connectivity index (χ4v) is 2.24. The molecule has 17 heavy (non-hydrogen) atoms. The van der Waals surface area contributed by atoms with Crippen LogP contribution in [0.4, 0.5) is 0 Å². The third kappa shape index (κ3) is 2.51. The second-order valence-electron chi connectivity index (χ2n) is 3.50. The summed E-state index contributed by atoms with van der Waals surface area (Å²) in [6, 6.07) is 5.27. The normalized spacial score (nSPS) is 12.7. The van der Waals surface area contributed by atoms with Crippen LogP contribution in [0.5, 0.6) is 0 Å². The zero-order valence-corrected chi connectivity index (χ0v) is 11.5. The number of aromatic nitrogens is 3. The monoisotopic (exact) mass is 315 g/mol. The summed E-state index contributed by atoms with van der Waals surface area (Å²) in [5, 5.41) is 14.9. The fraction of sp³-hybridized carbons (Fsp3) is 0.273. The molecule has 1 heterocycles. The number of hydrogen-bond donors (Lipinski definition) is 1. The van der Waals surface area contributed by atoms with Gasteiger partial charge < -0.3 is 5.11 Å². The Kier molecular flexibility index (Phi) is 3.81. The van der Waals surface area contributed by atoms with Crippen LogP contribution in [0.15, 0.2) is 29.0 Å². The number of aliphatic hydroxyl groups is 1. The first-order valence-corrected chi connectivity index (χ1v) is 6.31. The minimum absolute atomic E-state index is 0.510. The highest BCUT2D eigenvalue weighted by atomic mass is 79.9. The Morgan fingerprint density at radius 3 is 3.00 bits per heavy atom. The van der Waals surface area contributed by atoms with Crippen LogP contribution < -0.4 is 0 Å². The first kappa shape index (κ1) is 12.5. The van der Waals surface area contributed by atoms with Crippen LogP contribution in [0.25, 0.3) is 0 Å². The quantitative estimate of drug-likeness (QED) is 0.947. The molecular weight excluding hydrogens is 305 g/mol. The number of aliphatic hydroxyl groups excluding tert-OH is 1. The first-order valence-electron chi connectivity index (χ1n) is 5.14. The van der Waals surface area contributed by atoms with E-state index in [4.69, 9.17) is 11.6 Å². The summed E-state index contributed by atoms with van der Waals surface area (Å²) < 4.78 is 2.44. The number of aryl methyl sites for hydroxylation is 1. The van der Waals surface area contributed by atoms with Gasteiger partial charge >= 0.3 is 0 Å². The maximum atomic E-state index is 10.3. The van der Waals surface area contributed by atoms with Crippen molar-refractivity contribution in [2.24, 2.45) is 0 Å². The molecule has 0 saturated heterocycles. The molecule has 0 fully saturated rings. The molecule has 0 saturated carbocycles. The van der Waals surface area contributed by atoms with Gasteiger partial charge in [0, 0.05) is 21.6 Å². The molecule has 2 rings (SSSR count). The van der Waals surface area contributed by atoms with Gasteiger partial charge in [0.05, 0.1) is 0 Å². The average Bonchev–Trinajstić information content (AvgIpc) is 2.79. The molecule has 1 aromatic carbocycles. The lowest BCUT2D eigenvalue weighted by molar-refractivity contribution is 0.202. The highest BCUT2D eigenvalue weighted by molar-refractivity contribution is 9.10. The van der Waals surface area contributed by atoms with Crippen LogP contribution in [0.3, 0.4) is 0 Å². The van der Waals surface area contributed by atoms with Gasteiger partial charge in [-0.05, 0) is 25.1 Å². The predicted molar refractivity (Wildman–Crippen MR) is 68.9 cm³/mol. The number of rotatable bonds is 3. The number of benzene rings is 1. The van der Waals surface area contributed by atoms with Crippen molar-refractivity contribution in [3.05, 3.63) is 45.4 Å². The summed E-state index contributed by atoms with van der Waals surface area (Å²) in [5.41, 5.74) is 0.681. The van der Waals surface area contributed by atoms with Gasteiger partial charge in [0.1, 0.15) is 12.4 Å². The van der Waals surface area contributed by atoms with E-state index >= 15 is 0 Å². The largest absolute Gasteiger partial charge is 0.380 e. The van der Waals surface area contributed by atoms with Crippen molar-refractivity contribution in [2.75, 3.05) is 0 Å². The molecule has 90 valence electrons. The molecule has 0 spiro atoms. The Balaban J connectivity index is 2.43. The molecule has 1 unspecified atom stereocenters. The van der Waals surface area contributed by atoms with Gasteiger partial charge in [0.15, 0.2) is 5.82 Å². The van der Waals surface area contributed by atoms with E-state index in [9.17, 15) is 5.11 Å². The Hall–Kier alpha value is -0.910. The summed E-state index contributed by atoms with van der Waals surface area (Å²) in [6.07, 6.45) is 0.589. The van der Waals surface area contributed by atoms with Crippen molar-refractivity contribution in [1.82, 2.24) is 14.8 Å². The van der Waals surface area contributed by atoms with Crippen LogP contribution >= 0.6 is 27.5 Å². The van der Waals surface area contributed by atoms with Crippen molar-refractivity contribution >= 4 is 27.5 Å². The maximum Gasteiger partial charge on any atom is 0.160 e. The molecule has 0 aliphatic heterocycles. The van der Waals surface area contributed by atoms with E-state index in [0.717, 1.165) is 4.47 Å². The van der Waals surface area contributed by atoms with Crippen LogP contribution in [-0.4, -0.2) is 19.9 Å². The van der Waals surface area contributed by atoms with Gasteiger partial charge in [0.2, 0.25) is 0 Å². The molecule has 1 N–H and O–H groups in total. The summed E-state index contributed by atoms with van der Waals surface area (Å²) in [6.45, 7) is 2.60. The lowest BCUT2D eigenvalue weighted by Gasteiger charge is -2.13. The summed E-state index contributed by atoms with van der Waals surface area (Å²) in [4.78, 5) is 4.07. The topological polar surface area (TPSA) is 50.9 Å². The predicted octanol–water partition coefficient (Wildman–Crippen LogP) is 2.80. The van der Waals surface area contributed by atoms with E-state index < -0.39 is 6.10 Å². The van der Waals surface area contributed by atoms with Gasteiger partial charge in [0.25, 0.3) is 0 Å². The molecule has 0 bridgehead atoms. The Labute approximate surface area is 112 Å². The second-order valence-corrected chi connectivity index (χ2v) is 4.79. The van der Waals surface area contributed by atoms with Crippen molar-refractivity contribution in [1.29, 1.82) is 0 Å². The third-order valence-electron chi connectivity index (χ3n) is 2.44. The summed E-state index contributed by atoms with van der Waals surface area (Å²) in [7, 11) is 0. The maximum absolute atomic E-state index is 10.3. The molecular formula is C11H11BrClN3O. The molecule has 0 amide bonds. The van der Waals surface area contributed by atoms with Crippen LogP contribution in [0.2, 0.25) is 5.02 Å². The number of hydrogen-bond acceptors (Lipinski definition) is 3. The molecule has 1 atom stereocenters. The average molecular weight is 317 g/mol. The fourth-order valence-electron chi connectivity index (χ4n) is 1.59. The minimum Gasteiger partial charge on any atom is -0.380 e. The standard InChI is InChI=1S/C11H11BrClN3O/c1-2-16-11(14-6-15-16)10(17)8-5-7(13)3-4-9(8)12/h3-6,10,17H,2H2,1H3. The Bertz CT molecular complexity index is 529. The SMILES string of the molecule is CCn1ncnc1C(O)c1cc(Cl)ccc1Br. The van der Waals surface area contributed by atoms with E-state index in [-0.39, 0.29) is 0 Å². The zero-order valence-electron chi connectivity index (χ0n) is 9.14. The lowest BCUT2D eigenvalue weighted by Crippen LogP contribution is -2.10. The second kappa shape index (κ2) is 5.16. The summed E-state index contributed by atoms with van der Waals surface area (Å²) in [5.74, 6) is 0.510. The first-order chi connectivity index (χ1) is 8.13. The molecule has 6 heteroatoms. The van der Waals surface area contributed by atoms with E-state index in [1.165, 1.54) is 6.33 Å². The zero-order chi connectivity index (χ0) is 12.4. The van der Waals surface area contributed by atoms with Gasteiger partial charge in [-0.25, -0.2) is 9.67 Å². The Morgan fingerprint density at radius 1 is 1.53 bits per heavy atom. The molecule has 2 aromatic rings. The van der Waals surface area contributed by atoms with E-state index in [0.29, 0.717) is 23.0 Å². The summed E-state index contributed by atoms with van der Waals surface area (Å²) >= 11 is 9.31. The van der Waals surface area contributed by atoms with Crippen LogP contribution in [-0.2, 0) is 6.54 Å². The smallest absolute Gasteiger partial charge is 0.160 e. The van der Waals surface area contributed by atoms with Crippen molar-refractivity contribution in [3.63, 3.8) is 0 Å². The molecule has 0 aliphatic carbocycles. The number of halogens is 2. The third-order valence-corrected chi connectivity index (χ3v) is 3.40. The minimum atomic E-state index is -0.842. The van der Waals surface area contributed by atoms with Crippen molar-refractivity contribution in [2.45, 2.75) is 19.6 Å². The lowest BCUT2D eigenvalue weighted by atomic mass is 10.1. The van der Waals surface area contributed by atoms with E-state index in [1.54, 1.807) is 22.9 Å². The van der Waals surface area contributed by atoms with Gasteiger partial charge in [-0.15, -0.1) is 0 Å². The van der Waals surface area contributed by atoms with Crippen LogP contribution in [0.1, 0.15) is 24.4 Å². The van der Waals surface area contributed by atoms with Crippen molar-refractivity contribution < 1.29 is 5.11 Å². The van der Waals surface area contributed by atoms with Gasteiger partial charge in [-0.2, -0.15) is 5.10 Å². The molecule has 1 aromatic heterocycles. The molecule has 0 aliphatic rings. The van der Waals surface area contributed by atoms with Gasteiger partial charge in [-0.3, -0.25) is 0 Å². The van der Waals surface area contributed by atoms with E-state index in [1.807, 2.05) is 6.92 Å². The highest BCUT2D eigenvalue weighted by Crippen LogP contribution is 2.29. The number of nitrogens with zero attached hydrogens (tertiary/aromatic N) is 3. The van der Waals surface area contributed by atoms with E-state index in [2.05, 4.69) is 26.0 Å². The van der Waals surface area contributed by atoms with Crippen LogP contribution in [0, 0.1) is 0 Å². The highest BCUT2D eigenvalue weighted by Gasteiger charge is 2.19. The van der Waals surface area contributed by atoms with Crippen molar-refractivity contribution in [3.8, 4) is 0 Å².